The molecule has 0 radical (unpaired) electrons. The van der Waals surface area contributed by atoms with Gasteiger partial charge in [0.15, 0.2) is 6.10 Å². The maximum Gasteiger partial charge on any atom is 0.472 e. The Bertz CT molecular complexity index is 1110. The minimum Gasteiger partial charge on any atom is -0.480 e. The third kappa shape index (κ3) is 36.4. The summed E-state index contributed by atoms with van der Waals surface area (Å²) < 4.78 is 32.6. The van der Waals surface area contributed by atoms with Gasteiger partial charge in [0, 0.05) is 12.8 Å². The Hall–Kier alpha value is -2.56. The van der Waals surface area contributed by atoms with Gasteiger partial charge >= 0.3 is 25.7 Å². The summed E-state index contributed by atoms with van der Waals surface area (Å²) in [5.41, 5.74) is 5.32. The molecular formula is C42H74NO10P. The predicted molar refractivity (Wildman–Crippen MR) is 217 cm³/mol. The maximum absolute atomic E-state index is 12.6. The van der Waals surface area contributed by atoms with Gasteiger partial charge in [-0.2, -0.15) is 0 Å². The van der Waals surface area contributed by atoms with Crippen LogP contribution in [0.5, 0.6) is 0 Å². The quantitative estimate of drug-likeness (QED) is 0.0235. The molecule has 0 aromatic carbocycles. The zero-order chi connectivity index (χ0) is 40.0. The van der Waals surface area contributed by atoms with Crippen LogP contribution in [0.2, 0.25) is 0 Å². The van der Waals surface area contributed by atoms with E-state index in [1.807, 2.05) is 0 Å². The molecular weight excluding hydrogens is 709 g/mol. The number of nitrogens with two attached hydrogens (primary N) is 1. The van der Waals surface area contributed by atoms with Crippen LogP contribution < -0.4 is 5.73 Å². The number of hydrogen-bond acceptors (Lipinski definition) is 9. The van der Waals surface area contributed by atoms with E-state index < -0.39 is 51.1 Å². The van der Waals surface area contributed by atoms with Crippen molar-refractivity contribution >= 4 is 25.7 Å². The molecule has 0 fully saturated rings. The molecule has 0 saturated heterocycles. The second-order valence-electron chi connectivity index (χ2n) is 13.7. The molecule has 0 aromatic heterocycles. The Kier molecular flexibility index (Phi) is 35.6. The Morgan fingerprint density at radius 2 is 1.04 bits per heavy atom. The average molecular weight is 784 g/mol. The van der Waals surface area contributed by atoms with Crippen molar-refractivity contribution in [3.8, 4) is 0 Å². The van der Waals surface area contributed by atoms with Gasteiger partial charge in [0.2, 0.25) is 0 Å². The second kappa shape index (κ2) is 37.4. The number of rotatable bonds is 38. The van der Waals surface area contributed by atoms with Crippen molar-refractivity contribution in [3.05, 3.63) is 48.6 Å². The number of carbonyl (C=O) groups is 3. The molecule has 312 valence electrons. The third-order valence-electron chi connectivity index (χ3n) is 8.59. The summed E-state index contributed by atoms with van der Waals surface area (Å²) in [4.78, 5) is 45.8. The largest absolute Gasteiger partial charge is 0.480 e. The molecule has 0 aliphatic rings. The average Bonchev–Trinajstić information content (AvgIpc) is 3.14. The van der Waals surface area contributed by atoms with E-state index in [-0.39, 0.29) is 19.4 Å². The fourth-order valence-electron chi connectivity index (χ4n) is 5.35. The number of phosphoric acid groups is 1. The molecule has 0 aliphatic carbocycles. The second-order valence-corrected chi connectivity index (χ2v) is 15.2. The molecule has 1 unspecified atom stereocenters. The third-order valence-corrected chi connectivity index (χ3v) is 9.54. The number of carbonyl (C=O) groups excluding carboxylic acids is 2. The van der Waals surface area contributed by atoms with Crippen LogP contribution in [0.4, 0.5) is 0 Å². The number of carboxylic acid groups (broad SMARTS) is 1. The molecule has 54 heavy (non-hydrogen) atoms. The number of allylic oxidation sites excluding steroid dienone is 8. The van der Waals surface area contributed by atoms with Crippen LogP contribution in [0.15, 0.2) is 48.6 Å². The summed E-state index contributed by atoms with van der Waals surface area (Å²) in [5.74, 6) is -2.43. The summed E-state index contributed by atoms with van der Waals surface area (Å²) in [6, 6.07) is -1.53. The molecule has 11 nitrogen and oxygen atoms in total. The van der Waals surface area contributed by atoms with Gasteiger partial charge in [0.1, 0.15) is 12.6 Å². The zero-order valence-electron chi connectivity index (χ0n) is 33.6. The van der Waals surface area contributed by atoms with Crippen LogP contribution in [-0.4, -0.2) is 59.9 Å². The van der Waals surface area contributed by atoms with Crippen LogP contribution >= 0.6 is 7.82 Å². The van der Waals surface area contributed by atoms with Gasteiger partial charge in [-0.25, -0.2) is 4.57 Å². The predicted octanol–water partition coefficient (Wildman–Crippen LogP) is 10.6. The first-order valence-electron chi connectivity index (χ1n) is 20.7. The smallest absolute Gasteiger partial charge is 0.472 e. The van der Waals surface area contributed by atoms with E-state index in [1.54, 1.807) is 0 Å². The highest BCUT2D eigenvalue weighted by Crippen LogP contribution is 2.43. The lowest BCUT2D eigenvalue weighted by Gasteiger charge is -2.20. The van der Waals surface area contributed by atoms with Gasteiger partial charge in [-0.1, -0.05) is 152 Å². The number of carboxylic acids is 1. The summed E-state index contributed by atoms with van der Waals surface area (Å²) in [6.45, 7) is 2.64. The van der Waals surface area contributed by atoms with Crippen molar-refractivity contribution < 1.29 is 47.5 Å². The van der Waals surface area contributed by atoms with Crippen LogP contribution in [0.25, 0.3) is 0 Å². The fraction of sp³-hybridized carbons (Fsp3) is 0.738. The lowest BCUT2D eigenvalue weighted by molar-refractivity contribution is -0.161. The molecule has 0 bridgehead atoms. The fourth-order valence-corrected chi connectivity index (χ4v) is 6.13. The van der Waals surface area contributed by atoms with Crippen molar-refractivity contribution in [2.24, 2.45) is 5.73 Å². The van der Waals surface area contributed by atoms with Crippen molar-refractivity contribution in [3.63, 3.8) is 0 Å². The molecule has 0 rings (SSSR count). The molecule has 0 heterocycles. The van der Waals surface area contributed by atoms with E-state index in [0.29, 0.717) is 12.8 Å². The number of unbranched alkanes of at least 4 members (excludes halogenated alkanes) is 16. The maximum atomic E-state index is 12.6. The molecule has 0 amide bonds. The molecule has 0 aromatic rings. The summed E-state index contributed by atoms with van der Waals surface area (Å²) in [6.07, 6.45) is 40.4. The van der Waals surface area contributed by atoms with Gasteiger partial charge in [-0.15, -0.1) is 0 Å². The highest BCUT2D eigenvalue weighted by Gasteiger charge is 2.28. The highest BCUT2D eigenvalue weighted by molar-refractivity contribution is 7.47. The van der Waals surface area contributed by atoms with Crippen LogP contribution in [0, 0.1) is 0 Å². The Morgan fingerprint density at radius 3 is 1.56 bits per heavy atom. The van der Waals surface area contributed by atoms with Gasteiger partial charge < -0.3 is 25.2 Å². The number of ether oxygens (including phenoxy) is 2. The Balaban J connectivity index is 4.46. The standard InChI is InChI=1S/C42H74NO10P/c1-3-5-7-9-11-13-15-17-19-21-23-25-27-29-31-33-40(44)50-35-38(36-51-54(48,49)52-37-39(43)42(46)47)53-41(45)34-32-30-28-26-24-22-20-18-16-14-12-10-8-6-4-2/h6,8,12,14,18,20,24,26,38-39H,3-5,7,9-11,13,15-17,19,21-23,25,27-37,43H2,1-2H3,(H,46,47)(H,48,49)/b8-6-,14-12-,20-18-,26-24-/t38-,39+/m1/s1. The minimum absolute atomic E-state index is 0.109. The first-order valence-corrected chi connectivity index (χ1v) is 22.2. The summed E-state index contributed by atoms with van der Waals surface area (Å²) in [5, 5.41) is 8.87. The van der Waals surface area contributed by atoms with E-state index in [0.717, 1.165) is 57.8 Å². The van der Waals surface area contributed by atoms with Gasteiger partial charge in [-0.3, -0.25) is 23.4 Å². The Morgan fingerprint density at radius 1 is 0.593 bits per heavy atom. The monoisotopic (exact) mass is 784 g/mol. The van der Waals surface area contributed by atoms with Crippen LogP contribution in [0.3, 0.4) is 0 Å². The SMILES string of the molecule is CC/C=C\C/C=C\C/C=C\C/C=C\CCCCC(=O)O[C@H](COC(=O)CCCCCCCCCCCCCCCCC)COP(=O)(O)OC[C@H](N)C(=O)O. The number of aliphatic carboxylic acids is 1. The lowest BCUT2D eigenvalue weighted by atomic mass is 10.0. The van der Waals surface area contributed by atoms with Gasteiger partial charge in [-0.05, 0) is 51.4 Å². The highest BCUT2D eigenvalue weighted by atomic mass is 31.2. The van der Waals surface area contributed by atoms with Crippen molar-refractivity contribution in [1.29, 1.82) is 0 Å². The van der Waals surface area contributed by atoms with Crippen molar-refractivity contribution in [2.75, 3.05) is 19.8 Å². The van der Waals surface area contributed by atoms with E-state index in [1.165, 1.54) is 70.6 Å². The number of hydrogen-bond donors (Lipinski definition) is 3. The molecule has 12 heteroatoms. The van der Waals surface area contributed by atoms with Crippen molar-refractivity contribution in [2.45, 2.75) is 180 Å². The number of phosphoric ester groups is 1. The van der Waals surface area contributed by atoms with Crippen LogP contribution in [0.1, 0.15) is 168 Å². The Labute approximate surface area is 326 Å². The summed E-state index contributed by atoms with van der Waals surface area (Å²) >= 11 is 0. The first kappa shape index (κ1) is 51.4. The zero-order valence-corrected chi connectivity index (χ0v) is 34.4. The minimum atomic E-state index is -4.72. The molecule has 0 saturated carbocycles. The number of esters is 2. The van der Waals surface area contributed by atoms with E-state index >= 15 is 0 Å². The van der Waals surface area contributed by atoms with E-state index in [9.17, 15) is 23.8 Å². The van der Waals surface area contributed by atoms with Gasteiger partial charge in [0.05, 0.1) is 13.2 Å². The molecule has 0 spiro atoms. The molecule has 3 atom stereocenters. The molecule has 4 N–H and O–H groups in total. The van der Waals surface area contributed by atoms with Crippen molar-refractivity contribution in [1.82, 2.24) is 0 Å². The summed E-state index contributed by atoms with van der Waals surface area (Å²) in [7, 11) is -4.72. The molecule has 0 aliphatic heterocycles. The first-order chi connectivity index (χ1) is 26.1. The normalized spacial score (nSPS) is 14.3. The van der Waals surface area contributed by atoms with E-state index in [4.69, 9.17) is 24.8 Å². The lowest BCUT2D eigenvalue weighted by Crippen LogP contribution is -2.34. The van der Waals surface area contributed by atoms with Gasteiger partial charge in [0.25, 0.3) is 0 Å². The van der Waals surface area contributed by atoms with Crippen LogP contribution in [-0.2, 0) is 37.5 Å². The topological polar surface area (TPSA) is 172 Å². The van der Waals surface area contributed by atoms with E-state index in [2.05, 4.69) is 67.0 Å².